The second kappa shape index (κ2) is 8.52. The van der Waals surface area contributed by atoms with Gasteiger partial charge in [0.15, 0.2) is 0 Å². The van der Waals surface area contributed by atoms with Crippen molar-refractivity contribution < 1.29 is 4.74 Å². The first kappa shape index (κ1) is 15.5. The van der Waals surface area contributed by atoms with E-state index in [0.717, 1.165) is 37.5 Å². The van der Waals surface area contributed by atoms with Gasteiger partial charge in [-0.2, -0.15) is 0 Å². The van der Waals surface area contributed by atoms with Crippen LogP contribution in [0, 0.1) is 6.92 Å². The van der Waals surface area contributed by atoms with Crippen LogP contribution in [0.4, 0.5) is 0 Å². The Morgan fingerprint density at radius 1 is 1.39 bits per heavy atom. The molecule has 0 aliphatic heterocycles. The zero-order chi connectivity index (χ0) is 13.4. The number of rotatable bonds is 8. The Labute approximate surface area is 116 Å². The third-order valence-electron chi connectivity index (χ3n) is 3.13. The summed E-state index contributed by atoms with van der Waals surface area (Å²) < 4.78 is 5.36. The first-order valence-electron chi connectivity index (χ1n) is 6.67. The summed E-state index contributed by atoms with van der Waals surface area (Å²) in [5, 5.41) is 4.23. The van der Waals surface area contributed by atoms with Crippen molar-refractivity contribution in [1.82, 2.24) is 5.32 Å². The fourth-order valence-corrected chi connectivity index (χ4v) is 2.32. The number of hydrogen-bond acceptors (Lipinski definition) is 2. The van der Waals surface area contributed by atoms with Crippen molar-refractivity contribution in [2.24, 2.45) is 0 Å². The van der Waals surface area contributed by atoms with E-state index >= 15 is 0 Å². The number of aryl methyl sites for hydroxylation is 1. The number of likely N-dealkylation sites (N-methyl/N-ethyl adjacent to an activating group) is 1. The normalized spacial score (nSPS) is 12.7. The van der Waals surface area contributed by atoms with E-state index in [1.807, 2.05) is 20.0 Å². The number of ether oxygens (including phenoxy) is 1. The van der Waals surface area contributed by atoms with Crippen molar-refractivity contribution in [2.75, 3.05) is 20.3 Å². The Balaban J connectivity index is 2.46. The summed E-state index contributed by atoms with van der Waals surface area (Å²) in [5.74, 6) is 0. The van der Waals surface area contributed by atoms with Gasteiger partial charge in [-0.1, -0.05) is 23.7 Å². The highest BCUT2D eigenvalue weighted by molar-refractivity contribution is 6.31. The zero-order valence-corrected chi connectivity index (χ0v) is 12.4. The van der Waals surface area contributed by atoms with Crippen LogP contribution in [0.25, 0.3) is 0 Å². The molecule has 2 nitrogen and oxygen atoms in total. The molecule has 1 unspecified atom stereocenters. The standard InChI is InChI=1S/C15H24ClNO/c1-4-18-9-5-6-14(17-3)11-13-8-7-12(2)10-15(13)16/h7-8,10,14,17H,4-6,9,11H2,1-3H3. The second-order valence-corrected chi connectivity index (χ2v) is 5.03. The highest BCUT2D eigenvalue weighted by Crippen LogP contribution is 2.20. The maximum absolute atomic E-state index is 6.26. The van der Waals surface area contributed by atoms with Gasteiger partial charge in [-0.15, -0.1) is 0 Å². The number of hydrogen-bond donors (Lipinski definition) is 1. The van der Waals surface area contributed by atoms with Gasteiger partial charge in [0.25, 0.3) is 0 Å². The zero-order valence-electron chi connectivity index (χ0n) is 11.6. The third kappa shape index (κ3) is 5.38. The monoisotopic (exact) mass is 269 g/mol. The fourth-order valence-electron chi connectivity index (χ4n) is 2.01. The minimum Gasteiger partial charge on any atom is -0.382 e. The van der Waals surface area contributed by atoms with Crippen LogP contribution in [0.1, 0.15) is 30.9 Å². The predicted molar refractivity (Wildman–Crippen MR) is 78.5 cm³/mol. The quantitative estimate of drug-likeness (QED) is 0.728. The largest absolute Gasteiger partial charge is 0.382 e. The van der Waals surface area contributed by atoms with Gasteiger partial charge in [-0.25, -0.2) is 0 Å². The SMILES string of the molecule is CCOCCCC(Cc1ccc(C)cc1Cl)NC. The molecule has 18 heavy (non-hydrogen) atoms. The van der Waals surface area contributed by atoms with Crippen LogP contribution in [0.15, 0.2) is 18.2 Å². The van der Waals surface area contributed by atoms with Crippen LogP contribution >= 0.6 is 11.6 Å². The number of nitrogens with one attached hydrogen (secondary N) is 1. The lowest BCUT2D eigenvalue weighted by Crippen LogP contribution is -2.28. The molecule has 1 atom stereocenters. The van der Waals surface area contributed by atoms with Crippen LogP contribution in [-0.4, -0.2) is 26.3 Å². The molecular weight excluding hydrogens is 246 g/mol. The van der Waals surface area contributed by atoms with Gasteiger partial charge in [0, 0.05) is 24.3 Å². The lowest BCUT2D eigenvalue weighted by Gasteiger charge is -2.17. The molecule has 0 fully saturated rings. The molecule has 0 aromatic heterocycles. The molecule has 0 heterocycles. The van der Waals surface area contributed by atoms with Gasteiger partial charge in [-0.05, 0) is 57.4 Å². The molecule has 0 radical (unpaired) electrons. The minimum absolute atomic E-state index is 0.464. The molecule has 0 saturated heterocycles. The van der Waals surface area contributed by atoms with Gasteiger partial charge in [0.1, 0.15) is 0 Å². The molecule has 0 aliphatic carbocycles. The van der Waals surface area contributed by atoms with Crippen molar-refractivity contribution in [2.45, 2.75) is 39.2 Å². The Kier molecular flexibility index (Phi) is 7.33. The van der Waals surface area contributed by atoms with Gasteiger partial charge >= 0.3 is 0 Å². The molecule has 0 spiro atoms. The van der Waals surface area contributed by atoms with Gasteiger partial charge < -0.3 is 10.1 Å². The summed E-state index contributed by atoms with van der Waals surface area (Å²) in [6.07, 6.45) is 3.17. The highest BCUT2D eigenvalue weighted by Gasteiger charge is 2.09. The summed E-state index contributed by atoms with van der Waals surface area (Å²) in [5.41, 5.74) is 2.43. The maximum atomic E-state index is 6.26. The number of benzene rings is 1. The molecule has 1 N–H and O–H groups in total. The Hall–Kier alpha value is -0.570. The van der Waals surface area contributed by atoms with Gasteiger partial charge in [0.05, 0.1) is 0 Å². The average molecular weight is 270 g/mol. The van der Waals surface area contributed by atoms with Gasteiger partial charge in [0.2, 0.25) is 0 Å². The lowest BCUT2D eigenvalue weighted by molar-refractivity contribution is 0.141. The second-order valence-electron chi connectivity index (χ2n) is 4.62. The summed E-state index contributed by atoms with van der Waals surface area (Å²) in [6, 6.07) is 6.74. The molecule has 0 bridgehead atoms. The van der Waals surface area contributed by atoms with Crippen LogP contribution in [0.5, 0.6) is 0 Å². The Morgan fingerprint density at radius 2 is 2.17 bits per heavy atom. The summed E-state index contributed by atoms with van der Waals surface area (Å²) >= 11 is 6.26. The van der Waals surface area contributed by atoms with Crippen molar-refractivity contribution >= 4 is 11.6 Å². The fraction of sp³-hybridized carbons (Fsp3) is 0.600. The maximum Gasteiger partial charge on any atom is 0.0466 e. The molecule has 1 aromatic rings. The van der Waals surface area contributed by atoms with E-state index in [4.69, 9.17) is 16.3 Å². The van der Waals surface area contributed by atoms with Crippen LogP contribution < -0.4 is 5.32 Å². The van der Waals surface area contributed by atoms with Crippen molar-refractivity contribution in [3.05, 3.63) is 34.3 Å². The van der Waals surface area contributed by atoms with E-state index < -0.39 is 0 Å². The van der Waals surface area contributed by atoms with E-state index in [9.17, 15) is 0 Å². The van der Waals surface area contributed by atoms with Crippen LogP contribution in [-0.2, 0) is 11.2 Å². The molecule has 0 saturated carbocycles. The van der Waals surface area contributed by atoms with E-state index in [2.05, 4.69) is 24.4 Å². The van der Waals surface area contributed by atoms with Crippen molar-refractivity contribution in [3.8, 4) is 0 Å². The minimum atomic E-state index is 0.464. The van der Waals surface area contributed by atoms with E-state index in [1.54, 1.807) is 0 Å². The molecule has 3 heteroatoms. The Bertz CT molecular complexity index is 354. The van der Waals surface area contributed by atoms with E-state index in [1.165, 1.54) is 11.1 Å². The summed E-state index contributed by atoms with van der Waals surface area (Å²) in [7, 11) is 2.01. The average Bonchev–Trinajstić information content (AvgIpc) is 2.35. The molecule has 1 aromatic carbocycles. The van der Waals surface area contributed by atoms with E-state index in [-0.39, 0.29) is 0 Å². The number of halogens is 1. The first-order valence-corrected chi connectivity index (χ1v) is 7.05. The predicted octanol–water partition coefficient (Wildman–Crippen LogP) is 3.60. The molecule has 0 aliphatic rings. The first-order chi connectivity index (χ1) is 8.67. The molecule has 0 amide bonds. The van der Waals surface area contributed by atoms with Crippen molar-refractivity contribution in [1.29, 1.82) is 0 Å². The molecule has 1 rings (SSSR count). The topological polar surface area (TPSA) is 21.3 Å². The summed E-state index contributed by atoms with van der Waals surface area (Å²) in [4.78, 5) is 0. The van der Waals surface area contributed by atoms with Crippen LogP contribution in [0.2, 0.25) is 5.02 Å². The molecular formula is C15H24ClNO. The van der Waals surface area contributed by atoms with Crippen LogP contribution in [0.3, 0.4) is 0 Å². The highest BCUT2D eigenvalue weighted by atomic mass is 35.5. The van der Waals surface area contributed by atoms with E-state index in [0.29, 0.717) is 6.04 Å². The summed E-state index contributed by atoms with van der Waals surface area (Å²) in [6.45, 7) is 5.74. The third-order valence-corrected chi connectivity index (χ3v) is 3.48. The lowest BCUT2D eigenvalue weighted by atomic mass is 10.0. The van der Waals surface area contributed by atoms with Crippen molar-refractivity contribution in [3.63, 3.8) is 0 Å². The molecule has 102 valence electrons. The Morgan fingerprint density at radius 3 is 2.78 bits per heavy atom. The van der Waals surface area contributed by atoms with Gasteiger partial charge in [-0.3, -0.25) is 0 Å². The smallest absolute Gasteiger partial charge is 0.0466 e.